The van der Waals surface area contributed by atoms with Gasteiger partial charge in [0.25, 0.3) is 0 Å². The van der Waals surface area contributed by atoms with Crippen LogP contribution in [-0.4, -0.2) is 19.9 Å². The van der Waals surface area contributed by atoms with Crippen LogP contribution >= 0.6 is 0 Å². The summed E-state index contributed by atoms with van der Waals surface area (Å²) in [7, 11) is 0. The summed E-state index contributed by atoms with van der Waals surface area (Å²) in [5.74, 6) is -0.433. The first kappa shape index (κ1) is 12.5. The molecule has 1 atom stereocenters. The van der Waals surface area contributed by atoms with Gasteiger partial charge in [-0.2, -0.15) is 5.10 Å². The van der Waals surface area contributed by atoms with Gasteiger partial charge in [0.05, 0.1) is 23.3 Å². The molecule has 2 heterocycles. The molecule has 0 aliphatic carbocycles. The third-order valence-electron chi connectivity index (χ3n) is 2.98. The number of hydrogen-bond acceptors (Lipinski definition) is 3. The molecular weight excluding hydrogens is 257 g/mol. The molecule has 3 aromatic rings. The van der Waals surface area contributed by atoms with Crippen molar-refractivity contribution in [3.8, 4) is 5.69 Å². The van der Waals surface area contributed by atoms with Crippen molar-refractivity contribution in [2.45, 2.75) is 6.10 Å². The van der Waals surface area contributed by atoms with Crippen LogP contribution in [0.1, 0.15) is 17.5 Å². The van der Waals surface area contributed by atoms with Crippen molar-refractivity contribution in [2.75, 3.05) is 0 Å². The smallest absolute Gasteiger partial charge is 0.141 e. The van der Waals surface area contributed by atoms with Crippen molar-refractivity contribution in [3.05, 3.63) is 78.1 Å². The summed E-state index contributed by atoms with van der Waals surface area (Å²) in [6, 6.07) is 13.9. The fraction of sp³-hybridized carbons (Fsp3) is 0.0667. The van der Waals surface area contributed by atoms with E-state index in [1.54, 1.807) is 16.9 Å². The summed E-state index contributed by atoms with van der Waals surface area (Å²) >= 11 is 0. The Kier molecular flexibility index (Phi) is 3.26. The normalized spacial score (nSPS) is 12.3. The second kappa shape index (κ2) is 5.22. The number of pyridine rings is 1. The average Bonchev–Trinajstić information content (AvgIpc) is 2.97. The van der Waals surface area contributed by atoms with Crippen molar-refractivity contribution in [2.24, 2.45) is 0 Å². The molecule has 20 heavy (non-hydrogen) atoms. The third kappa shape index (κ3) is 2.31. The van der Waals surface area contributed by atoms with Crippen molar-refractivity contribution in [3.63, 3.8) is 0 Å². The summed E-state index contributed by atoms with van der Waals surface area (Å²) in [6.45, 7) is 0. The third-order valence-corrected chi connectivity index (χ3v) is 2.98. The van der Waals surface area contributed by atoms with Crippen LogP contribution in [0, 0.1) is 5.82 Å². The molecule has 0 saturated carbocycles. The minimum absolute atomic E-state index is 0.379. The van der Waals surface area contributed by atoms with Crippen LogP contribution < -0.4 is 0 Å². The van der Waals surface area contributed by atoms with Crippen LogP contribution in [0.2, 0.25) is 0 Å². The highest BCUT2D eigenvalue weighted by Gasteiger charge is 2.17. The predicted molar refractivity (Wildman–Crippen MR) is 71.8 cm³/mol. The van der Waals surface area contributed by atoms with E-state index < -0.39 is 11.9 Å². The Balaban J connectivity index is 1.99. The Morgan fingerprint density at radius 2 is 1.85 bits per heavy atom. The second-order valence-corrected chi connectivity index (χ2v) is 4.31. The SMILES string of the molecule is OC(c1ccc(F)cn1)c1ccnn1-c1ccccc1. The Morgan fingerprint density at radius 1 is 1.05 bits per heavy atom. The molecule has 0 radical (unpaired) electrons. The summed E-state index contributed by atoms with van der Waals surface area (Å²) in [6.07, 6.45) is 1.73. The highest BCUT2D eigenvalue weighted by atomic mass is 19.1. The number of hydrogen-bond donors (Lipinski definition) is 1. The molecule has 1 aromatic carbocycles. The molecule has 1 unspecified atom stereocenters. The van der Waals surface area contributed by atoms with Gasteiger partial charge >= 0.3 is 0 Å². The van der Waals surface area contributed by atoms with Crippen LogP contribution in [0.25, 0.3) is 5.69 Å². The Hall–Kier alpha value is -2.53. The van der Waals surface area contributed by atoms with Gasteiger partial charge in [0.2, 0.25) is 0 Å². The second-order valence-electron chi connectivity index (χ2n) is 4.31. The molecule has 0 amide bonds. The zero-order valence-corrected chi connectivity index (χ0v) is 10.5. The monoisotopic (exact) mass is 269 g/mol. The van der Waals surface area contributed by atoms with Gasteiger partial charge in [-0.25, -0.2) is 9.07 Å². The summed E-state index contributed by atoms with van der Waals surface area (Å²) in [5, 5.41) is 14.6. The minimum atomic E-state index is -0.960. The first-order chi connectivity index (χ1) is 9.75. The van der Waals surface area contributed by atoms with Gasteiger partial charge < -0.3 is 5.11 Å². The lowest BCUT2D eigenvalue weighted by Gasteiger charge is -2.13. The lowest BCUT2D eigenvalue weighted by Crippen LogP contribution is -2.09. The molecule has 5 heteroatoms. The molecule has 1 N–H and O–H groups in total. The van der Waals surface area contributed by atoms with E-state index in [1.165, 1.54) is 12.1 Å². The van der Waals surface area contributed by atoms with Gasteiger partial charge in [-0.1, -0.05) is 18.2 Å². The van der Waals surface area contributed by atoms with E-state index >= 15 is 0 Å². The van der Waals surface area contributed by atoms with Crippen LogP contribution in [0.4, 0.5) is 4.39 Å². The molecule has 0 bridgehead atoms. The highest BCUT2D eigenvalue weighted by Crippen LogP contribution is 2.22. The summed E-state index contributed by atoms with van der Waals surface area (Å²) in [4.78, 5) is 3.90. The van der Waals surface area contributed by atoms with E-state index in [4.69, 9.17) is 0 Å². The van der Waals surface area contributed by atoms with Crippen molar-refractivity contribution < 1.29 is 9.50 Å². The fourth-order valence-electron chi connectivity index (χ4n) is 2.01. The molecule has 4 nitrogen and oxygen atoms in total. The maximum Gasteiger partial charge on any atom is 0.141 e. The van der Waals surface area contributed by atoms with E-state index in [0.29, 0.717) is 11.4 Å². The molecule has 100 valence electrons. The summed E-state index contributed by atoms with van der Waals surface area (Å²) in [5.41, 5.74) is 1.80. The van der Waals surface area contributed by atoms with Gasteiger partial charge in [0, 0.05) is 6.20 Å². The first-order valence-corrected chi connectivity index (χ1v) is 6.14. The van der Waals surface area contributed by atoms with E-state index in [1.807, 2.05) is 30.3 Å². The zero-order valence-electron chi connectivity index (χ0n) is 10.5. The number of aliphatic hydroxyl groups excluding tert-OH is 1. The molecule has 0 saturated heterocycles. The van der Waals surface area contributed by atoms with Gasteiger partial charge in [-0.3, -0.25) is 4.98 Å². The Morgan fingerprint density at radius 3 is 2.55 bits per heavy atom. The van der Waals surface area contributed by atoms with Gasteiger partial charge in [-0.05, 0) is 30.3 Å². The van der Waals surface area contributed by atoms with Gasteiger partial charge in [-0.15, -0.1) is 0 Å². The number of para-hydroxylation sites is 1. The van der Waals surface area contributed by atoms with Gasteiger partial charge in [0.15, 0.2) is 0 Å². The van der Waals surface area contributed by atoms with Crippen LogP contribution in [0.5, 0.6) is 0 Å². The molecule has 3 rings (SSSR count). The first-order valence-electron chi connectivity index (χ1n) is 6.14. The number of benzene rings is 1. The molecule has 0 aliphatic rings. The van der Waals surface area contributed by atoms with Crippen LogP contribution in [-0.2, 0) is 0 Å². The fourth-order valence-corrected chi connectivity index (χ4v) is 2.01. The minimum Gasteiger partial charge on any atom is -0.380 e. The maximum absolute atomic E-state index is 12.9. The number of halogens is 1. The van der Waals surface area contributed by atoms with Crippen molar-refractivity contribution in [1.82, 2.24) is 14.8 Å². The maximum atomic E-state index is 12.9. The Labute approximate surface area is 115 Å². The van der Waals surface area contributed by atoms with Crippen LogP contribution in [0.3, 0.4) is 0 Å². The average molecular weight is 269 g/mol. The lowest BCUT2D eigenvalue weighted by molar-refractivity contribution is 0.207. The van der Waals surface area contributed by atoms with Crippen molar-refractivity contribution >= 4 is 0 Å². The largest absolute Gasteiger partial charge is 0.380 e. The molecular formula is C15H12FN3O. The Bertz CT molecular complexity index is 695. The molecule has 0 spiro atoms. The highest BCUT2D eigenvalue weighted by molar-refractivity contribution is 5.34. The van der Waals surface area contributed by atoms with E-state index in [0.717, 1.165) is 11.9 Å². The van der Waals surface area contributed by atoms with Crippen molar-refractivity contribution in [1.29, 1.82) is 0 Å². The summed E-state index contributed by atoms with van der Waals surface area (Å²) < 4.78 is 14.5. The zero-order chi connectivity index (χ0) is 13.9. The quantitative estimate of drug-likeness (QED) is 0.794. The van der Waals surface area contributed by atoms with E-state index in [2.05, 4.69) is 10.1 Å². The predicted octanol–water partition coefficient (Wildman–Crippen LogP) is 2.49. The number of rotatable bonds is 3. The van der Waals surface area contributed by atoms with E-state index in [-0.39, 0.29) is 0 Å². The van der Waals surface area contributed by atoms with Gasteiger partial charge in [0.1, 0.15) is 11.9 Å². The standard InChI is InChI=1S/C15H12FN3O/c16-11-6-7-13(17-10-11)15(20)14-8-9-18-19(14)12-4-2-1-3-5-12/h1-10,15,20H. The number of aromatic nitrogens is 3. The molecule has 0 aliphatic heterocycles. The number of aliphatic hydroxyl groups is 1. The lowest BCUT2D eigenvalue weighted by atomic mass is 10.1. The molecule has 0 fully saturated rings. The van der Waals surface area contributed by atoms with E-state index in [9.17, 15) is 9.50 Å². The molecule has 2 aromatic heterocycles. The van der Waals surface area contributed by atoms with Crippen LogP contribution in [0.15, 0.2) is 60.9 Å². The number of nitrogens with zero attached hydrogens (tertiary/aromatic N) is 3. The topological polar surface area (TPSA) is 50.9 Å².